The molecule has 0 saturated carbocycles. The summed E-state index contributed by atoms with van der Waals surface area (Å²) in [6.07, 6.45) is 1.99. The molecule has 1 aromatic heterocycles. The summed E-state index contributed by atoms with van der Waals surface area (Å²) in [6.45, 7) is 2.68. The maximum Gasteiger partial charge on any atom is 0.338 e. The maximum atomic E-state index is 11.8. The molecule has 0 amide bonds. The number of benzene rings is 1. The summed E-state index contributed by atoms with van der Waals surface area (Å²) >= 11 is 0. The van der Waals surface area contributed by atoms with Crippen LogP contribution in [0.4, 0.5) is 0 Å². The number of carbonyl (C=O) groups is 1. The van der Waals surface area contributed by atoms with E-state index in [1.165, 1.54) is 7.11 Å². The maximum absolute atomic E-state index is 11.8. The molecule has 0 atom stereocenters. The van der Waals surface area contributed by atoms with Crippen molar-refractivity contribution in [3.8, 4) is 17.1 Å². The molecular formula is C17H19NO3. The molecule has 0 N–H and O–H groups in total. The summed E-state index contributed by atoms with van der Waals surface area (Å²) in [5, 5.41) is 0. The minimum absolute atomic E-state index is 0.394. The van der Waals surface area contributed by atoms with Gasteiger partial charge in [-0.2, -0.15) is 0 Å². The molecule has 4 heteroatoms. The van der Waals surface area contributed by atoms with Gasteiger partial charge in [-0.25, -0.2) is 9.78 Å². The summed E-state index contributed by atoms with van der Waals surface area (Å²) < 4.78 is 10.4. The standard InChI is InChI=1S/C17H19NO3/c1-3-4-10-21-16-12-14(17(19)20-2)11-15(18-16)13-8-6-5-7-9-13/h5-9,11-12H,3-4,10H2,1-2H3. The number of carbonyl (C=O) groups excluding carboxylic acids is 1. The smallest absolute Gasteiger partial charge is 0.338 e. The van der Waals surface area contributed by atoms with Gasteiger partial charge in [0.15, 0.2) is 0 Å². The van der Waals surface area contributed by atoms with Gasteiger partial charge in [-0.05, 0) is 12.5 Å². The van der Waals surface area contributed by atoms with Gasteiger partial charge in [0.25, 0.3) is 0 Å². The van der Waals surface area contributed by atoms with Crippen LogP contribution in [-0.2, 0) is 4.74 Å². The van der Waals surface area contributed by atoms with Gasteiger partial charge >= 0.3 is 5.97 Å². The number of pyridine rings is 1. The van der Waals surface area contributed by atoms with E-state index in [9.17, 15) is 4.79 Å². The first kappa shape index (κ1) is 15.0. The Morgan fingerprint density at radius 3 is 2.62 bits per heavy atom. The largest absolute Gasteiger partial charge is 0.478 e. The molecule has 0 aliphatic heterocycles. The lowest BCUT2D eigenvalue weighted by atomic mass is 10.1. The highest BCUT2D eigenvalue weighted by atomic mass is 16.5. The van der Waals surface area contributed by atoms with E-state index >= 15 is 0 Å². The van der Waals surface area contributed by atoms with E-state index in [2.05, 4.69) is 11.9 Å². The Bertz CT molecular complexity index is 596. The highest BCUT2D eigenvalue weighted by Crippen LogP contribution is 2.22. The molecule has 0 saturated heterocycles. The van der Waals surface area contributed by atoms with Crippen LogP contribution >= 0.6 is 0 Å². The number of hydrogen-bond acceptors (Lipinski definition) is 4. The topological polar surface area (TPSA) is 48.4 Å². The van der Waals surface area contributed by atoms with Gasteiger partial charge in [0, 0.05) is 11.6 Å². The molecule has 0 fully saturated rings. The average Bonchev–Trinajstić information content (AvgIpc) is 2.55. The number of aromatic nitrogens is 1. The van der Waals surface area contributed by atoms with Crippen LogP contribution in [0.3, 0.4) is 0 Å². The highest BCUT2D eigenvalue weighted by molar-refractivity contribution is 5.91. The zero-order valence-electron chi connectivity index (χ0n) is 12.3. The molecule has 2 aromatic rings. The van der Waals surface area contributed by atoms with Crippen LogP contribution in [0.2, 0.25) is 0 Å². The normalized spacial score (nSPS) is 10.2. The first-order valence-corrected chi connectivity index (χ1v) is 7.03. The third-order valence-electron chi connectivity index (χ3n) is 3.04. The van der Waals surface area contributed by atoms with E-state index in [1.54, 1.807) is 12.1 Å². The molecule has 0 unspecified atom stereocenters. The molecule has 1 heterocycles. The highest BCUT2D eigenvalue weighted by Gasteiger charge is 2.12. The number of hydrogen-bond donors (Lipinski definition) is 0. The monoisotopic (exact) mass is 285 g/mol. The second-order valence-corrected chi connectivity index (χ2v) is 4.64. The van der Waals surface area contributed by atoms with Crippen molar-refractivity contribution in [2.75, 3.05) is 13.7 Å². The Kier molecular flexibility index (Phi) is 5.32. The molecule has 4 nitrogen and oxygen atoms in total. The zero-order valence-corrected chi connectivity index (χ0v) is 12.3. The number of ether oxygens (including phenoxy) is 2. The number of nitrogens with zero attached hydrogens (tertiary/aromatic N) is 1. The number of methoxy groups -OCH3 is 1. The van der Waals surface area contributed by atoms with Crippen molar-refractivity contribution < 1.29 is 14.3 Å². The molecule has 110 valence electrons. The van der Waals surface area contributed by atoms with Gasteiger partial charge < -0.3 is 9.47 Å². The van der Waals surface area contributed by atoms with Crippen LogP contribution in [-0.4, -0.2) is 24.7 Å². The Hall–Kier alpha value is -2.36. The van der Waals surface area contributed by atoms with E-state index in [0.717, 1.165) is 18.4 Å². The SMILES string of the molecule is CCCCOc1cc(C(=O)OC)cc(-c2ccccc2)n1. The van der Waals surface area contributed by atoms with Gasteiger partial charge in [0.2, 0.25) is 5.88 Å². The summed E-state index contributed by atoms with van der Waals surface area (Å²) in [6, 6.07) is 13.0. The third kappa shape index (κ3) is 4.05. The van der Waals surface area contributed by atoms with E-state index < -0.39 is 5.97 Å². The molecule has 0 bridgehead atoms. The second kappa shape index (κ2) is 7.43. The van der Waals surface area contributed by atoms with E-state index in [0.29, 0.717) is 23.7 Å². The fourth-order valence-corrected chi connectivity index (χ4v) is 1.89. The van der Waals surface area contributed by atoms with E-state index in [1.807, 2.05) is 30.3 Å². The Morgan fingerprint density at radius 2 is 1.95 bits per heavy atom. The predicted octanol–water partition coefficient (Wildman–Crippen LogP) is 3.71. The lowest BCUT2D eigenvalue weighted by Gasteiger charge is -2.09. The van der Waals surface area contributed by atoms with Crippen molar-refractivity contribution in [3.05, 3.63) is 48.0 Å². The molecular weight excluding hydrogens is 266 g/mol. The summed E-state index contributed by atoms with van der Waals surface area (Å²) in [5.74, 6) is 0.0557. The first-order valence-electron chi connectivity index (χ1n) is 7.03. The second-order valence-electron chi connectivity index (χ2n) is 4.64. The molecule has 2 rings (SSSR count). The molecule has 1 aromatic carbocycles. The quantitative estimate of drug-likeness (QED) is 0.599. The fourth-order valence-electron chi connectivity index (χ4n) is 1.89. The van der Waals surface area contributed by atoms with Crippen LogP contribution in [0.15, 0.2) is 42.5 Å². The van der Waals surface area contributed by atoms with Crippen molar-refractivity contribution in [1.82, 2.24) is 4.98 Å². The third-order valence-corrected chi connectivity index (χ3v) is 3.04. The van der Waals surface area contributed by atoms with Crippen molar-refractivity contribution >= 4 is 5.97 Å². The van der Waals surface area contributed by atoms with Gasteiger partial charge in [-0.15, -0.1) is 0 Å². The Morgan fingerprint density at radius 1 is 1.19 bits per heavy atom. The van der Waals surface area contributed by atoms with Gasteiger partial charge in [-0.1, -0.05) is 43.7 Å². The molecule has 0 radical (unpaired) electrons. The Balaban J connectivity index is 2.35. The molecule has 0 spiro atoms. The minimum Gasteiger partial charge on any atom is -0.478 e. The predicted molar refractivity (Wildman–Crippen MR) is 81.4 cm³/mol. The van der Waals surface area contributed by atoms with E-state index in [-0.39, 0.29) is 0 Å². The first-order chi connectivity index (χ1) is 10.2. The lowest BCUT2D eigenvalue weighted by molar-refractivity contribution is 0.0600. The van der Waals surface area contributed by atoms with Gasteiger partial charge in [0.1, 0.15) is 0 Å². The van der Waals surface area contributed by atoms with Crippen LogP contribution < -0.4 is 4.74 Å². The molecule has 0 aliphatic carbocycles. The average molecular weight is 285 g/mol. The lowest BCUT2D eigenvalue weighted by Crippen LogP contribution is -2.05. The van der Waals surface area contributed by atoms with Crippen LogP contribution in [0, 0.1) is 0 Å². The Labute approximate surface area is 124 Å². The van der Waals surface area contributed by atoms with Gasteiger partial charge in [0.05, 0.1) is 25.0 Å². The number of esters is 1. The van der Waals surface area contributed by atoms with Crippen molar-refractivity contribution in [2.24, 2.45) is 0 Å². The fraction of sp³-hybridized carbons (Fsp3) is 0.294. The van der Waals surface area contributed by atoms with Crippen LogP contribution in [0.1, 0.15) is 30.1 Å². The zero-order chi connectivity index (χ0) is 15.1. The summed E-state index contributed by atoms with van der Waals surface area (Å²) in [5.41, 5.74) is 2.08. The number of unbranched alkanes of at least 4 members (excludes halogenated alkanes) is 1. The van der Waals surface area contributed by atoms with Crippen molar-refractivity contribution in [3.63, 3.8) is 0 Å². The van der Waals surface area contributed by atoms with Crippen LogP contribution in [0.25, 0.3) is 11.3 Å². The van der Waals surface area contributed by atoms with E-state index in [4.69, 9.17) is 9.47 Å². The number of rotatable bonds is 6. The van der Waals surface area contributed by atoms with Crippen LogP contribution in [0.5, 0.6) is 5.88 Å². The molecule has 0 aliphatic rings. The molecule has 21 heavy (non-hydrogen) atoms. The summed E-state index contributed by atoms with van der Waals surface area (Å²) in [7, 11) is 1.36. The summed E-state index contributed by atoms with van der Waals surface area (Å²) in [4.78, 5) is 16.2. The van der Waals surface area contributed by atoms with Gasteiger partial charge in [-0.3, -0.25) is 0 Å². The minimum atomic E-state index is -0.394. The van der Waals surface area contributed by atoms with Crippen molar-refractivity contribution in [1.29, 1.82) is 0 Å². The van der Waals surface area contributed by atoms with Crippen molar-refractivity contribution in [2.45, 2.75) is 19.8 Å².